The first-order valence-corrected chi connectivity index (χ1v) is 11.6. The Hall–Kier alpha value is -4.18. The lowest BCUT2D eigenvalue weighted by molar-refractivity contribution is -0.137. The standard InChI is InChI=1S/C27H20F3N3O4/c28-27(29,30)15-4-3-5-16(13-15)33-23(35)21-20(12-14-8-10-17(34)11-9-14)32-26(22(21)24(33)36)18-6-1-2-7-19(18)31-25(26)37/h1-11,13,20-22,32,34H,12H2,(H,31,37)/t20-,21+,22+,26-/m0/s1. The molecule has 188 valence electrons. The molecule has 2 saturated heterocycles. The summed E-state index contributed by atoms with van der Waals surface area (Å²) < 4.78 is 40.2. The van der Waals surface area contributed by atoms with Gasteiger partial charge >= 0.3 is 6.18 Å². The molecule has 10 heteroatoms. The molecule has 2 fully saturated rings. The van der Waals surface area contributed by atoms with Gasteiger partial charge in [-0.2, -0.15) is 13.2 Å². The molecule has 0 radical (unpaired) electrons. The molecule has 4 atom stereocenters. The fourth-order valence-electron chi connectivity index (χ4n) is 5.89. The molecule has 0 aliphatic carbocycles. The number of benzene rings is 3. The van der Waals surface area contributed by atoms with Crippen molar-refractivity contribution in [2.24, 2.45) is 11.8 Å². The predicted molar refractivity (Wildman–Crippen MR) is 126 cm³/mol. The monoisotopic (exact) mass is 507 g/mol. The first-order valence-electron chi connectivity index (χ1n) is 11.6. The minimum Gasteiger partial charge on any atom is -0.508 e. The van der Waals surface area contributed by atoms with Gasteiger partial charge in [0.05, 0.1) is 23.1 Å². The number of carbonyl (C=O) groups is 3. The van der Waals surface area contributed by atoms with Crippen molar-refractivity contribution in [3.8, 4) is 5.75 Å². The maximum Gasteiger partial charge on any atom is 0.416 e. The normalized spacial score (nSPS) is 26.5. The molecule has 0 saturated carbocycles. The highest BCUT2D eigenvalue weighted by molar-refractivity contribution is 6.25. The van der Waals surface area contributed by atoms with Crippen molar-refractivity contribution >= 4 is 29.1 Å². The van der Waals surface area contributed by atoms with Crippen LogP contribution < -0.4 is 15.5 Å². The van der Waals surface area contributed by atoms with E-state index in [0.29, 0.717) is 11.3 Å². The van der Waals surface area contributed by atoms with Gasteiger partial charge in [-0.15, -0.1) is 0 Å². The molecule has 3 aromatic carbocycles. The zero-order valence-corrected chi connectivity index (χ0v) is 19.1. The van der Waals surface area contributed by atoms with Crippen LogP contribution in [-0.4, -0.2) is 28.9 Å². The van der Waals surface area contributed by atoms with E-state index in [2.05, 4.69) is 10.6 Å². The Morgan fingerprint density at radius 3 is 2.38 bits per heavy atom. The number of carbonyl (C=O) groups excluding carboxylic acids is 3. The van der Waals surface area contributed by atoms with Crippen molar-refractivity contribution in [1.82, 2.24) is 5.32 Å². The van der Waals surface area contributed by atoms with Gasteiger partial charge in [0.1, 0.15) is 11.3 Å². The van der Waals surface area contributed by atoms with Gasteiger partial charge in [0, 0.05) is 17.3 Å². The summed E-state index contributed by atoms with van der Waals surface area (Å²) >= 11 is 0. The summed E-state index contributed by atoms with van der Waals surface area (Å²) in [5.41, 5.74) is -0.983. The quantitative estimate of drug-likeness (QED) is 0.471. The van der Waals surface area contributed by atoms with Gasteiger partial charge in [0.25, 0.3) is 0 Å². The number of nitrogens with zero attached hydrogens (tertiary/aromatic N) is 1. The largest absolute Gasteiger partial charge is 0.508 e. The number of nitrogens with one attached hydrogen (secondary N) is 2. The molecule has 7 nitrogen and oxygen atoms in total. The minimum absolute atomic E-state index is 0.0596. The maximum atomic E-state index is 13.9. The predicted octanol–water partition coefficient (Wildman–Crippen LogP) is 3.58. The average molecular weight is 507 g/mol. The van der Waals surface area contributed by atoms with Crippen LogP contribution in [0.5, 0.6) is 5.75 Å². The van der Waals surface area contributed by atoms with E-state index in [0.717, 1.165) is 28.7 Å². The lowest BCUT2D eigenvalue weighted by atomic mass is 9.76. The zero-order chi connectivity index (χ0) is 26.1. The van der Waals surface area contributed by atoms with Gasteiger partial charge in [-0.05, 0) is 48.4 Å². The maximum absolute atomic E-state index is 13.9. The van der Waals surface area contributed by atoms with Crippen molar-refractivity contribution < 1.29 is 32.7 Å². The summed E-state index contributed by atoms with van der Waals surface area (Å²) in [5, 5.41) is 15.7. The number of phenols is 1. The van der Waals surface area contributed by atoms with E-state index < -0.39 is 52.9 Å². The fraction of sp³-hybridized carbons (Fsp3) is 0.222. The van der Waals surface area contributed by atoms with E-state index in [4.69, 9.17) is 0 Å². The number of rotatable bonds is 3. The van der Waals surface area contributed by atoms with Crippen molar-refractivity contribution in [2.45, 2.75) is 24.2 Å². The highest BCUT2D eigenvalue weighted by Gasteiger charge is 2.70. The lowest BCUT2D eigenvalue weighted by Crippen LogP contribution is -2.53. The van der Waals surface area contributed by atoms with E-state index in [-0.39, 0.29) is 17.9 Å². The van der Waals surface area contributed by atoms with E-state index in [1.54, 1.807) is 36.4 Å². The smallest absolute Gasteiger partial charge is 0.416 e. The second-order valence-corrected chi connectivity index (χ2v) is 9.49. The summed E-state index contributed by atoms with van der Waals surface area (Å²) in [6, 6.07) is 16.6. The van der Waals surface area contributed by atoms with Crippen LogP contribution in [0.3, 0.4) is 0 Å². The summed E-state index contributed by atoms with van der Waals surface area (Å²) in [6.45, 7) is 0. The van der Waals surface area contributed by atoms with Crippen LogP contribution in [0.4, 0.5) is 24.5 Å². The van der Waals surface area contributed by atoms with Gasteiger partial charge in [0.15, 0.2) is 0 Å². The number of anilines is 2. The number of hydrogen-bond donors (Lipinski definition) is 3. The molecule has 3 aromatic rings. The van der Waals surface area contributed by atoms with Gasteiger partial charge in [-0.3, -0.25) is 19.7 Å². The third kappa shape index (κ3) is 3.36. The molecule has 0 unspecified atom stereocenters. The molecule has 37 heavy (non-hydrogen) atoms. The van der Waals surface area contributed by atoms with E-state index in [1.165, 1.54) is 18.2 Å². The van der Waals surface area contributed by atoms with Gasteiger partial charge in [0.2, 0.25) is 17.7 Å². The number of hydrogen-bond acceptors (Lipinski definition) is 5. The number of aromatic hydroxyl groups is 1. The molecule has 3 aliphatic heterocycles. The van der Waals surface area contributed by atoms with Crippen LogP contribution in [0.1, 0.15) is 16.7 Å². The Morgan fingerprint density at radius 1 is 0.919 bits per heavy atom. The minimum atomic E-state index is -4.66. The number of imide groups is 1. The molecule has 0 bridgehead atoms. The highest BCUT2D eigenvalue weighted by Crippen LogP contribution is 2.54. The number of para-hydroxylation sites is 1. The highest BCUT2D eigenvalue weighted by atomic mass is 19.4. The molecular formula is C27H20F3N3O4. The third-order valence-electron chi connectivity index (χ3n) is 7.45. The Morgan fingerprint density at radius 2 is 1.65 bits per heavy atom. The van der Waals surface area contributed by atoms with Crippen LogP contribution in [-0.2, 0) is 32.5 Å². The molecule has 6 rings (SSSR count). The second kappa shape index (κ2) is 7.91. The van der Waals surface area contributed by atoms with Crippen LogP contribution in [0.15, 0.2) is 72.8 Å². The molecule has 3 heterocycles. The van der Waals surface area contributed by atoms with Crippen LogP contribution in [0.25, 0.3) is 0 Å². The molecular weight excluding hydrogens is 487 g/mol. The van der Waals surface area contributed by atoms with Gasteiger partial charge in [-0.25, -0.2) is 4.90 Å². The summed E-state index contributed by atoms with van der Waals surface area (Å²) in [4.78, 5) is 41.9. The topological polar surface area (TPSA) is 98.7 Å². The molecule has 1 spiro atoms. The van der Waals surface area contributed by atoms with Gasteiger partial charge in [-0.1, -0.05) is 36.4 Å². The first kappa shape index (κ1) is 23.2. The third-order valence-corrected chi connectivity index (χ3v) is 7.45. The van der Waals surface area contributed by atoms with Crippen molar-refractivity contribution in [3.63, 3.8) is 0 Å². The number of fused-ring (bicyclic) bond motifs is 4. The number of phenolic OH excluding ortho intramolecular Hbond substituents is 1. The molecule has 3 N–H and O–H groups in total. The Kier molecular flexibility index (Phi) is 4.97. The van der Waals surface area contributed by atoms with E-state index >= 15 is 0 Å². The van der Waals surface area contributed by atoms with Crippen molar-refractivity contribution in [2.75, 3.05) is 10.2 Å². The zero-order valence-electron chi connectivity index (χ0n) is 19.1. The SMILES string of the molecule is O=C1[C@@H]2[C@H](Cc3ccc(O)cc3)N[C@]3(C(=O)Nc4ccccc43)[C@H]2C(=O)N1c1cccc(C(F)(F)F)c1. The Balaban J connectivity index is 1.48. The number of halogens is 3. The average Bonchev–Trinajstić information content (AvgIpc) is 3.44. The summed E-state index contributed by atoms with van der Waals surface area (Å²) in [5.74, 6) is -4.01. The molecule has 3 aliphatic rings. The fourth-order valence-corrected chi connectivity index (χ4v) is 5.89. The van der Waals surface area contributed by atoms with Crippen LogP contribution in [0, 0.1) is 11.8 Å². The van der Waals surface area contributed by atoms with Crippen molar-refractivity contribution in [1.29, 1.82) is 0 Å². The van der Waals surface area contributed by atoms with Crippen LogP contribution >= 0.6 is 0 Å². The van der Waals surface area contributed by atoms with E-state index in [1.807, 2.05) is 0 Å². The Bertz CT molecular complexity index is 1460. The first-order chi connectivity index (χ1) is 17.6. The number of amides is 3. The van der Waals surface area contributed by atoms with Crippen LogP contribution in [0.2, 0.25) is 0 Å². The summed E-state index contributed by atoms with van der Waals surface area (Å²) in [6.07, 6.45) is -4.42. The van der Waals surface area contributed by atoms with E-state index in [9.17, 15) is 32.7 Å². The second-order valence-electron chi connectivity index (χ2n) is 9.49. The number of alkyl halides is 3. The molecule has 3 amide bonds. The Labute approximate surface area is 208 Å². The van der Waals surface area contributed by atoms with Crippen molar-refractivity contribution in [3.05, 3.63) is 89.5 Å². The molecule has 0 aromatic heterocycles. The van der Waals surface area contributed by atoms with Gasteiger partial charge < -0.3 is 10.4 Å². The lowest BCUT2D eigenvalue weighted by Gasteiger charge is -2.29. The summed E-state index contributed by atoms with van der Waals surface area (Å²) in [7, 11) is 0.